The summed E-state index contributed by atoms with van der Waals surface area (Å²) in [6.07, 6.45) is 1.23. The van der Waals surface area contributed by atoms with Crippen LogP contribution < -0.4 is 10.9 Å². The van der Waals surface area contributed by atoms with Gasteiger partial charge in [0.2, 0.25) is 5.91 Å². The summed E-state index contributed by atoms with van der Waals surface area (Å²) in [7, 11) is 0. The molecule has 27 heavy (non-hydrogen) atoms. The van der Waals surface area contributed by atoms with E-state index in [1.165, 1.54) is 10.8 Å². The Balaban J connectivity index is 1.50. The molecule has 0 bridgehead atoms. The fourth-order valence-electron chi connectivity index (χ4n) is 2.68. The van der Waals surface area contributed by atoms with Crippen LogP contribution in [0.1, 0.15) is 11.1 Å². The lowest BCUT2D eigenvalue weighted by Crippen LogP contribution is -2.33. The third-order valence-electron chi connectivity index (χ3n) is 4.02. The van der Waals surface area contributed by atoms with Crippen LogP contribution >= 0.6 is 11.8 Å². The molecule has 136 valence electrons. The predicted octanol–water partition coefficient (Wildman–Crippen LogP) is 2.32. The van der Waals surface area contributed by atoms with Crippen molar-refractivity contribution < 1.29 is 4.79 Å². The van der Waals surface area contributed by atoms with E-state index < -0.39 is 0 Å². The van der Waals surface area contributed by atoms with Crippen LogP contribution in [0.5, 0.6) is 0 Å². The Hall–Kier alpha value is -3.11. The molecular weight excluding hydrogens is 360 g/mol. The molecule has 7 heteroatoms. The quantitative estimate of drug-likeness (QED) is 0.638. The second-order valence-electron chi connectivity index (χ2n) is 5.84. The first-order valence-corrected chi connectivity index (χ1v) is 9.61. The van der Waals surface area contributed by atoms with Gasteiger partial charge >= 0.3 is 0 Å². The van der Waals surface area contributed by atoms with E-state index >= 15 is 0 Å². The van der Waals surface area contributed by atoms with Crippen LogP contribution in [-0.4, -0.2) is 27.8 Å². The first kappa shape index (κ1) is 18.7. The Morgan fingerprint density at radius 3 is 2.81 bits per heavy atom. The molecule has 1 N–H and O–H groups in total. The maximum absolute atomic E-state index is 12.2. The lowest BCUT2D eigenvalue weighted by molar-refractivity contribution is -0.121. The van der Waals surface area contributed by atoms with E-state index in [2.05, 4.69) is 16.4 Å². The summed E-state index contributed by atoms with van der Waals surface area (Å²) in [5.41, 5.74) is 2.69. The van der Waals surface area contributed by atoms with E-state index in [1.54, 1.807) is 30.0 Å². The molecule has 3 rings (SSSR count). The van der Waals surface area contributed by atoms with Gasteiger partial charge in [0.05, 0.1) is 28.9 Å². The zero-order valence-corrected chi connectivity index (χ0v) is 15.4. The lowest BCUT2D eigenvalue weighted by atomic mass is 10.1. The molecule has 0 aliphatic rings. The van der Waals surface area contributed by atoms with Crippen LogP contribution in [0.25, 0.3) is 11.0 Å². The van der Waals surface area contributed by atoms with Crippen LogP contribution in [0, 0.1) is 11.3 Å². The van der Waals surface area contributed by atoms with Crippen molar-refractivity contribution in [3.63, 3.8) is 0 Å². The molecule has 3 aromatic rings. The molecule has 0 fully saturated rings. The molecule has 6 nitrogen and oxygen atoms in total. The van der Waals surface area contributed by atoms with E-state index in [0.717, 1.165) is 11.3 Å². The van der Waals surface area contributed by atoms with Crippen molar-refractivity contribution >= 4 is 28.7 Å². The molecule has 1 amide bonds. The number of fused-ring (bicyclic) bond motifs is 1. The smallest absolute Gasteiger partial charge is 0.269 e. The molecule has 1 aromatic heterocycles. The summed E-state index contributed by atoms with van der Waals surface area (Å²) >= 11 is 1.65. The minimum absolute atomic E-state index is 0.0379. The second kappa shape index (κ2) is 9.01. The van der Waals surface area contributed by atoms with E-state index in [1.807, 2.05) is 30.3 Å². The molecule has 0 aliphatic heterocycles. The minimum atomic E-state index is -0.300. The highest BCUT2D eigenvalue weighted by atomic mass is 32.2. The Kier molecular flexibility index (Phi) is 6.23. The van der Waals surface area contributed by atoms with Crippen LogP contribution in [-0.2, 0) is 17.1 Å². The fraction of sp³-hybridized carbons (Fsp3) is 0.200. The number of para-hydroxylation sites is 2. The molecule has 0 atom stereocenters. The Morgan fingerprint density at radius 2 is 1.96 bits per heavy atom. The van der Waals surface area contributed by atoms with E-state index in [9.17, 15) is 9.59 Å². The number of carbonyl (C=O) groups is 1. The average Bonchev–Trinajstić information content (AvgIpc) is 2.70. The zero-order chi connectivity index (χ0) is 19.1. The van der Waals surface area contributed by atoms with Gasteiger partial charge < -0.3 is 5.32 Å². The summed E-state index contributed by atoms with van der Waals surface area (Å²) in [5, 5.41) is 11.9. The minimum Gasteiger partial charge on any atom is -0.354 e. The summed E-state index contributed by atoms with van der Waals surface area (Å²) in [6.45, 7) is 0.458. The summed E-state index contributed by atoms with van der Waals surface area (Å²) < 4.78 is 1.42. The summed E-state index contributed by atoms with van der Waals surface area (Å²) in [6, 6.07) is 16.9. The first-order chi connectivity index (χ1) is 13.2. The molecular formula is C20H18N4O2S. The lowest BCUT2D eigenvalue weighted by Gasteiger charge is -2.10. The fourth-order valence-corrected chi connectivity index (χ4v) is 3.54. The molecule has 2 aromatic carbocycles. The predicted molar refractivity (Wildman–Crippen MR) is 106 cm³/mol. The van der Waals surface area contributed by atoms with Gasteiger partial charge in [-0.25, -0.2) is 4.98 Å². The van der Waals surface area contributed by atoms with Crippen molar-refractivity contribution in [1.82, 2.24) is 14.9 Å². The van der Waals surface area contributed by atoms with Crippen molar-refractivity contribution in [3.05, 3.63) is 76.2 Å². The molecule has 1 heterocycles. The molecule has 0 unspecified atom stereocenters. The first-order valence-electron chi connectivity index (χ1n) is 8.46. The van der Waals surface area contributed by atoms with E-state index in [0.29, 0.717) is 28.9 Å². The van der Waals surface area contributed by atoms with Crippen LogP contribution in [0.2, 0.25) is 0 Å². The number of rotatable bonds is 7. The number of thioether (sulfide) groups is 1. The summed E-state index contributed by atoms with van der Waals surface area (Å²) in [4.78, 5) is 28.3. The monoisotopic (exact) mass is 378 g/mol. The molecule has 0 aliphatic carbocycles. The van der Waals surface area contributed by atoms with Crippen LogP contribution in [0.3, 0.4) is 0 Å². The molecule has 0 radical (unpaired) electrons. The van der Waals surface area contributed by atoms with Crippen LogP contribution in [0.4, 0.5) is 0 Å². The van der Waals surface area contributed by atoms with E-state index in [4.69, 9.17) is 5.26 Å². The van der Waals surface area contributed by atoms with Gasteiger partial charge in [-0.2, -0.15) is 17.0 Å². The summed E-state index contributed by atoms with van der Waals surface area (Å²) in [5.74, 6) is 1.22. The number of carbonyl (C=O) groups excluding carboxylic acids is 1. The topological polar surface area (TPSA) is 87.8 Å². The largest absolute Gasteiger partial charge is 0.354 e. The van der Waals surface area contributed by atoms with Gasteiger partial charge in [-0.05, 0) is 23.8 Å². The molecule has 0 spiro atoms. The third-order valence-corrected chi connectivity index (χ3v) is 5.03. The van der Waals surface area contributed by atoms with Gasteiger partial charge in [-0.3, -0.25) is 14.2 Å². The average molecular weight is 378 g/mol. The van der Waals surface area contributed by atoms with Crippen molar-refractivity contribution in [2.75, 3.05) is 12.3 Å². The van der Waals surface area contributed by atoms with Gasteiger partial charge in [0, 0.05) is 18.1 Å². The number of hydrogen-bond donors (Lipinski definition) is 1. The van der Waals surface area contributed by atoms with E-state index in [-0.39, 0.29) is 18.0 Å². The SMILES string of the molecule is N#Cc1ccccc1CSCCNC(=O)Cn1c(=O)cnc2ccccc21. The maximum Gasteiger partial charge on any atom is 0.269 e. The van der Waals surface area contributed by atoms with Crippen molar-refractivity contribution in [2.45, 2.75) is 12.3 Å². The highest BCUT2D eigenvalue weighted by molar-refractivity contribution is 7.98. The van der Waals surface area contributed by atoms with Gasteiger partial charge in [0.25, 0.3) is 5.56 Å². The number of amides is 1. The van der Waals surface area contributed by atoms with Gasteiger partial charge in [0.15, 0.2) is 0 Å². The number of aromatic nitrogens is 2. The standard InChI is InChI=1S/C20H18N4O2S/c21-11-15-5-1-2-6-16(15)14-27-10-9-22-19(25)13-24-18-8-4-3-7-17(18)23-12-20(24)26/h1-8,12H,9-10,13-14H2,(H,22,25). The number of nitrogens with one attached hydrogen (secondary N) is 1. The maximum atomic E-state index is 12.2. The van der Waals surface area contributed by atoms with Crippen molar-refractivity contribution in [2.24, 2.45) is 0 Å². The highest BCUT2D eigenvalue weighted by Crippen LogP contribution is 2.15. The molecule has 0 saturated carbocycles. The Morgan fingerprint density at radius 1 is 1.19 bits per heavy atom. The number of nitrogens with zero attached hydrogens (tertiary/aromatic N) is 3. The number of hydrogen-bond acceptors (Lipinski definition) is 5. The van der Waals surface area contributed by atoms with Crippen LogP contribution in [0.15, 0.2) is 59.5 Å². The van der Waals surface area contributed by atoms with Crippen molar-refractivity contribution in [1.29, 1.82) is 5.26 Å². The number of benzene rings is 2. The highest BCUT2D eigenvalue weighted by Gasteiger charge is 2.08. The zero-order valence-electron chi connectivity index (χ0n) is 14.6. The van der Waals surface area contributed by atoms with Gasteiger partial charge in [-0.15, -0.1) is 0 Å². The second-order valence-corrected chi connectivity index (χ2v) is 6.95. The Labute approximate surface area is 160 Å². The van der Waals surface area contributed by atoms with Crippen molar-refractivity contribution in [3.8, 4) is 6.07 Å². The number of nitriles is 1. The normalized spacial score (nSPS) is 10.5. The molecule has 0 saturated heterocycles. The van der Waals surface area contributed by atoms with Gasteiger partial charge in [-0.1, -0.05) is 30.3 Å². The Bertz CT molecular complexity index is 1060. The third kappa shape index (κ3) is 4.74. The van der Waals surface area contributed by atoms with Gasteiger partial charge in [0.1, 0.15) is 6.54 Å².